The standard InChI is InChI=1S/C34H36N4O6/c39-22-23-8-10-24(11-9-23)31-19-27(21-38-14-12-34(13-15-38)41-16-17-42-34)43-33(44-31)25-4-3-5-26(18-25)36-32(40)30-20-35-28-6-1-2-7-29(28)37-30/h1-11,18,20,27,31,33,39H,12-17,19,21-22H2,(H,36,40)/t27-,31+,33+/m0/s1. The fourth-order valence-electron chi connectivity index (χ4n) is 6.21. The number of hydrogen-bond acceptors (Lipinski definition) is 9. The second-order valence-corrected chi connectivity index (χ2v) is 11.6. The number of nitrogens with zero attached hydrogens (tertiary/aromatic N) is 3. The molecule has 3 saturated heterocycles. The SMILES string of the molecule is O=C(Nc1cccc([C@@H]2O[C@H](CN3CCC4(CC3)OCCO4)C[C@H](c3ccc(CO)cc3)O2)c1)c1cnc2ccccc2n1. The number of amides is 1. The van der Waals surface area contributed by atoms with Gasteiger partial charge < -0.3 is 34.3 Å². The Hall–Kier alpha value is -3.77. The van der Waals surface area contributed by atoms with Crippen LogP contribution in [-0.4, -0.2) is 70.6 Å². The minimum atomic E-state index is -0.633. The molecular weight excluding hydrogens is 560 g/mol. The molecule has 1 amide bonds. The summed E-state index contributed by atoms with van der Waals surface area (Å²) >= 11 is 0. The molecular formula is C34H36N4O6. The highest BCUT2D eigenvalue weighted by Gasteiger charge is 2.41. The normalized spacial score (nSPS) is 23.6. The average molecular weight is 597 g/mol. The van der Waals surface area contributed by atoms with E-state index in [9.17, 15) is 9.90 Å². The molecule has 4 heterocycles. The van der Waals surface area contributed by atoms with Gasteiger partial charge >= 0.3 is 0 Å². The monoisotopic (exact) mass is 596 g/mol. The number of likely N-dealkylation sites (tertiary alicyclic amines) is 1. The first kappa shape index (κ1) is 29.0. The Morgan fingerprint density at radius 3 is 2.48 bits per heavy atom. The molecule has 228 valence electrons. The summed E-state index contributed by atoms with van der Waals surface area (Å²) in [5.41, 5.74) is 4.93. The van der Waals surface area contributed by atoms with Crippen molar-refractivity contribution >= 4 is 22.6 Å². The Balaban J connectivity index is 1.08. The van der Waals surface area contributed by atoms with Crippen LogP contribution in [0.1, 0.15) is 58.8 Å². The third kappa shape index (κ3) is 6.37. The number of anilines is 1. The zero-order valence-corrected chi connectivity index (χ0v) is 24.4. The molecule has 0 aliphatic carbocycles. The van der Waals surface area contributed by atoms with Crippen LogP contribution in [0.5, 0.6) is 0 Å². The minimum absolute atomic E-state index is 0.00660. The van der Waals surface area contributed by atoms with E-state index in [-0.39, 0.29) is 30.4 Å². The topological polar surface area (TPSA) is 115 Å². The zero-order chi connectivity index (χ0) is 29.9. The van der Waals surface area contributed by atoms with Gasteiger partial charge in [0.25, 0.3) is 5.91 Å². The van der Waals surface area contributed by atoms with Crippen molar-refractivity contribution in [1.29, 1.82) is 0 Å². The number of carbonyl (C=O) groups excluding carboxylic acids is 1. The minimum Gasteiger partial charge on any atom is -0.392 e. The Morgan fingerprint density at radius 1 is 0.932 bits per heavy atom. The van der Waals surface area contributed by atoms with Crippen LogP contribution in [0.25, 0.3) is 11.0 Å². The van der Waals surface area contributed by atoms with Crippen molar-refractivity contribution in [2.24, 2.45) is 0 Å². The third-order valence-electron chi connectivity index (χ3n) is 8.61. The van der Waals surface area contributed by atoms with Crippen LogP contribution in [0, 0.1) is 0 Å². The Morgan fingerprint density at radius 2 is 1.70 bits per heavy atom. The fraction of sp³-hybridized carbons (Fsp3) is 0.382. The Kier molecular flexibility index (Phi) is 8.35. The van der Waals surface area contributed by atoms with Crippen LogP contribution in [0.3, 0.4) is 0 Å². The number of benzene rings is 3. The van der Waals surface area contributed by atoms with E-state index in [2.05, 4.69) is 20.2 Å². The smallest absolute Gasteiger partial charge is 0.275 e. The van der Waals surface area contributed by atoms with Crippen molar-refractivity contribution in [1.82, 2.24) is 14.9 Å². The van der Waals surface area contributed by atoms with Gasteiger partial charge in [-0.05, 0) is 35.4 Å². The molecule has 3 aliphatic rings. The lowest BCUT2D eigenvalue weighted by Gasteiger charge is -2.41. The molecule has 4 aromatic rings. The van der Waals surface area contributed by atoms with Crippen molar-refractivity contribution < 1.29 is 28.8 Å². The molecule has 0 bridgehead atoms. The Bertz CT molecular complexity index is 1600. The van der Waals surface area contributed by atoms with Crippen molar-refractivity contribution in [3.05, 3.63) is 101 Å². The molecule has 0 unspecified atom stereocenters. The van der Waals surface area contributed by atoms with E-state index < -0.39 is 12.1 Å². The summed E-state index contributed by atoms with van der Waals surface area (Å²) in [5.74, 6) is -0.765. The highest BCUT2D eigenvalue weighted by atomic mass is 16.7. The highest BCUT2D eigenvalue weighted by molar-refractivity contribution is 6.03. The number of fused-ring (bicyclic) bond motifs is 1. The number of hydrogen-bond donors (Lipinski definition) is 2. The molecule has 44 heavy (non-hydrogen) atoms. The van der Waals surface area contributed by atoms with Crippen LogP contribution in [-0.2, 0) is 25.6 Å². The number of nitrogens with one attached hydrogen (secondary N) is 1. The van der Waals surface area contributed by atoms with E-state index in [1.807, 2.05) is 72.8 Å². The molecule has 10 nitrogen and oxygen atoms in total. The number of aliphatic hydroxyl groups is 1. The summed E-state index contributed by atoms with van der Waals surface area (Å²) in [6, 6.07) is 22.9. The quantitative estimate of drug-likeness (QED) is 0.312. The maximum Gasteiger partial charge on any atom is 0.275 e. The van der Waals surface area contributed by atoms with Gasteiger partial charge in [-0.1, -0.05) is 48.5 Å². The highest BCUT2D eigenvalue weighted by Crippen LogP contribution is 2.39. The van der Waals surface area contributed by atoms with Crippen LogP contribution < -0.4 is 5.32 Å². The van der Waals surface area contributed by atoms with Crippen molar-refractivity contribution in [2.75, 3.05) is 38.2 Å². The lowest BCUT2D eigenvalue weighted by Crippen LogP contribution is -2.48. The van der Waals surface area contributed by atoms with E-state index >= 15 is 0 Å². The van der Waals surface area contributed by atoms with Crippen LogP contribution in [0.2, 0.25) is 0 Å². The number of carbonyl (C=O) groups is 1. The van der Waals surface area contributed by atoms with Gasteiger partial charge in [-0.15, -0.1) is 0 Å². The molecule has 0 radical (unpaired) electrons. The van der Waals surface area contributed by atoms with Crippen molar-refractivity contribution in [2.45, 2.75) is 50.2 Å². The van der Waals surface area contributed by atoms with E-state index in [1.54, 1.807) is 0 Å². The zero-order valence-electron chi connectivity index (χ0n) is 24.4. The number of ether oxygens (including phenoxy) is 4. The van der Waals surface area contributed by atoms with Gasteiger partial charge in [-0.2, -0.15) is 0 Å². The molecule has 3 aliphatic heterocycles. The molecule has 10 heteroatoms. The first-order valence-corrected chi connectivity index (χ1v) is 15.2. The van der Waals surface area contributed by atoms with E-state index in [4.69, 9.17) is 18.9 Å². The molecule has 3 aromatic carbocycles. The van der Waals surface area contributed by atoms with E-state index in [0.29, 0.717) is 30.8 Å². The van der Waals surface area contributed by atoms with Gasteiger partial charge in [-0.25, -0.2) is 4.98 Å². The van der Waals surface area contributed by atoms with E-state index in [0.717, 1.165) is 54.7 Å². The number of piperidine rings is 1. The van der Waals surface area contributed by atoms with Crippen molar-refractivity contribution in [3.8, 4) is 0 Å². The van der Waals surface area contributed by atoms with Crippen LogP contribution in [0.15, 0.2) is 79.0 Å². The fourth-order valence-corrected chi connectivity index (χ4v) is 6.21. The van der Waals surface area contributed by atoms with Gasteiger partial charge in [0.1, 0.15) is 5.69 Å². The average Bonchev–Trinajstić information content (AvgIpc) is 3.53. The second kappa shape index (κ2) is 12.7. The number of aromatic nitrogens is 2. The number of rotatable bonds is 7. The van der Waals surface area contributed by atoms with Crippen LogP contribution in [0.4, 0.5) is 5.69 Å². The number of para-hydroxylation sites is 2. The lowest BCUT2D eigenvalue weighted by atomic mass is 9.98. The molecule has 0 saturated carbocycles. The lowest BCUT2D eigenvalue weighted by molar-refractivity contribution is -0.255. The molecule has 7 rings (SSSR count). The summed E-state index contributed by atoms with van der Waals surface area (Å²) < 4.78 is 25.0. The summed E-state index contributed by atoms with van der Waals surface area (Å²) in [6.07, 6.45) is 2.95. The molecule has 2 N–H and O–H groups in total. The summed E-state index contributed by atoms with van der Waals surface area (Å²) in [5, 5.41) is 12.5. The van der Waals surface area contributed by atoms with Gasteiger partial charge in [0, 0.05) is 50.1 Å². The van der Waals surface area contributed by atoms with Gasteiger partial charge in [0.2, 0.25) is 0 Å². The first-order valence-electron chi connectivity index (χ1n) is 15.2. The van der Waals surface area contributed by atoms with E-state index in [1.165, 1.54) is 6.20 Å². The maximum atomic E-state index is 13.1. The van der Waals surface area contributed by atoms with Gasteiger partial charge in [0.05, 0.1) is 49.3 Å². The summed E-state index contributed by atoms with van der Waals surface area (Å²) in [6.45, 7) is 3.83. The molecule has 1 spiro atoms. The summed E-state index contributed by atoms with van der Waals surface area (Å²) in [4.78, 5) is 24.3. The summed E-state index contributed by atoms with van der Waals surface area (Å²) in [7, 11) is 0. The van der Waals surface area contributed by atoms with Crippen molar-refractivity contribution in [3.63, 3.8) is 0 Å². The predicted molar refractivity (Wildman–Crippen MR) is 163 cm³/mol. The molecule has 3 fully saturated rings. The number of aliphatic hydroxyl groups excluding tert-OH is 1. The molecule has 3 atom stereocenters. The van der Waals surface area contributed by atoms with Crippen LogP contribution >= 0.6 is 0 Å². The van der Waals surface area contributed by atoms with Gasteiger partial charge in [-0.3, -0.25) is 9.78 Å². The molecule has 1 aromatic heterocycles. The predicted octanol–water partition coefficient (Wildman–Crippen LogP) is 4.76. The second-order valence-electron chi connectivity index (χ2n) is 11.6. The largest absolute Gasteiger partial charge is 0.392 e. The maximum absolute atomic E-state index is 13.1. The Labute approximate surface area is 255 Å². The third-order valence-corrected chi connectivity index (χ3v) is 8.61. The van der Waals surface area contributed by atoms with Gasteiger partial charge in [0.15, 0.2) is 12.1 Å². The first-order chi connectivity index (χ1) is 21.6.